The minimum atomic E-state index is -2.05. The van der Waals surface area contributed by atoms with Crippen LogP contribution in [0.4, 0.5) is 0 Å². The first-order valence-corrected chi connectivity index (χ1v) is 15.2. The molecule has 0 amide bonds. The molecule has 1 atom stereocenters. The van der Waals surface area contributed by atoms with Crippen LogP contribution in [0.2, 0.25) is 0 Å². The van der Waals surface area contributed by atoms with Gasteiger partial charge in [-0.25, -0.2) is 18.7 Å². The van der Waals surface area contributed by atoms with Gasteiger partial charge in [0.15, 0.2) is 16.8 Å². The second-order valence-corrected chi connectivity index (χ2v) is 11.8. The number of rotatable bonds is 11. The summed E-state index contributed by atoms with van der Waals surface area (Å²) in [5.74, 6) is 0.178. The number of carboxylic acid groups (broad SMARTS) is 1. The molecule has 5 aromatic rings. The quantitative estimate of drug-likeness (QED) is 0.173. The van der Waals surface area contributed by atoms with Gasteiger partial charge >= 0.3 is 5.97 Å². The molecule has 6 rings (SSSR count). The normalized spacial score (nSPS) is 13.7. The molecule has 0 radical (unpaired) electrons. The maximum Gasteiger partial charge on any atom is 0.355 e. The predicted molar refractivity (Wildman–Crippen MR) is 157 cm³/mol. The van der Waals surface area contributed by atoms with E-state index in [9.17, 15) is 18.7 Å². The van der Waals surface area contributed by atoms with E-state index in [0.717, 1.165) is 52.9 Å². The number of ether oxygens (including phenoxy) is 1. The molecule has 3 aromatic carbocycles. The molecule has 0 spiro atoms. The highest BCUT2D eigenvalue weighted by molar-refractivity contribution is 7.79. The summed E-state index contributed by atoms with van der Waals surface area (Å²) in [5.41, 5.74) is 5.70. The van der Waals surface area contributed by atoms with E-state index in [0.29, 0.717) is 34.7 Å². The highest BCUT2D eigenvalue weighted by Crippen LogP contribution is 2.38. The molecule has 10 heteroatoms. The van der Waals surface area contributed by atoms with Gasteiger partial charge in [0, 0.05) is 22.9 Å². The van der Waals surface area contributed by atoms with E-state index in [4.69, 9.17) is 9.84 Å². The lowest BCUT2D eigenvalue weighted by Gasteiger charge is -2.10. The molecular weight excluding hydrogens is 558 g/mol. The largest absolute Gasteiger partial charge is 0.489 e. The van der Waals surface area contributed by atoms with Crippen LogP contribution in [0.25, 0.3) is 16.4 Å². The molecule has 1 saturated carbocycles. The number of carbonyl (C=O) groups is 1. The van der Waals surface area contributed by atoms with Crippen LogP contribution in [0.15, 0.2) is 89.1 Å². The van der Waals surface area contributed by atoms with Crippen molar-refractivity contribution in [3.05, 3.63) is 112 Å². The van der Waals surface area contributed by atoms with Crippen LogP contribution in [0, 0.1) is 5.92 Å². The molecule has 8 nitrogen and oxygen atoms in total. The van der Waals surface area contributed by atoms with Crippen molar-refractivity contribution in [1.29, 1.82) is 0 Å². The van der Waals surface area contributed by atoms with Crippen molar-refractivity contribution in [2.45, 2.75) is 37.2 Å². The summed E-state index contributed by atoms with van der Waals surface area (Å²) < 4.78 is 28.9. The highest BCUT2D eigenvalue weighted by Gasteiger charge is 2.29. The zero-order valence-corrected chi connectivity index (χ0v) is 23.6. The summed E-state index contributed by atoms with van der Waals surface area (Å²) in [7, 11) is 0. The third kappa shape index (κ3) is 6.30. The molecule has 1 unspecified atom stereocenters. The average Bonchev–Trinajstić information content (AvgIpc) is 3.54. The third-order valence-electron chi connectivity index (χ3n) is 7.02. The van der Waals surface area contributed by atoms with E-state index < -0.39 is 17.0 Å². The highest BCUT2D eigenvalue weighted by atomic mass is 32.2. The maximum absolute atomic E-state index is 11.6. The molecule has 1 fully saturated rings. The van der Waals surface area contributed by atoms with Gasteiger partial charge in [-0.3, -0.25) is 0 Å². The Balaban J connectivity index is 1.43. The van der Waals surface area contributed by atoms with Gasteiger partial charge in [-0.2, -0.15) is 5.10 Å². The molecule has 2 N–H and O–H groups in total. The summed E-state index contributed by atoms with van der Waals surface area (Å²) in [4.78, 5) is 16.3. The Kier molecular flexibility index (Phi) is 7.78. The molecule has 0 saturated heterocycles. The Bertz CT molecular complexity index is 1710. The van der Waals surface area contributed by atoms with Gasteiger partial charge in [-0.05, 0) is 60.6 Å². The van der Waals surface area contributed by atoms with Crippen molar-refractivity contribution >= 4 is 28.4 Å². The fraction of sp³-hybridized carbons (Fsp3) is 0.194. The van der Waals surface area contributed by atoms with E-state index in [1.54, 1.807) is 16.8 Å². The summed E-state index contributed by atoms with van der Waals surface area (Å²) >= 11 is -0.796. The van der Waals surface area contributed by atoms with E-state index in [-0.39, 0.29) is 5.69 Å². The van der Waals surface area contributed by atoms with Gasteiger partial charge in [0.2, 0.25) is 5.13 Å². The van der Waals surface area contributed by atoms with Gasteiger partial charge in [-0.1, -0.05) is 54.6 Å². The van der Waals surface area contributed by atoms with Crippen LogP contribution in [0.3, 0.4) is 0 Å². The topological polar surface area (TPSA) is 115 Å². The van der Waals surface area contributed by atoms with Crippen LogP contribution >= 0.6 is 11.3 Å². The molecule has 208 valence electrons. The number of benzene rings is 3. The zero-order valence-electron chi connectivity index (χ0n) is 22.0. The first-order valence-electron chi connectivity index (χ1n) is 13.2. The Morgan fingerprint density at radius 1 is 1.02 bits per heavy atom. The molecule has 2 heterocycles. The number of carboxylic acids is 1. The minimum absolute atomic E-state index is 0.00938. The van der Waals surface area contributed by atoms with Crippen molar-refractivity contribution in [1.82, 2.24) is 14.8 Å². The second-order valence-electron chi connectivity index (χ2n) is 10.0. The van der Waals surface area contributed by atoms with Gasteiger partial charge in [0.1, 0.15) is 12.4 Å². The van der Waals surface area contributed by atoms with E-state index in [2.05, 4.69) is 4.98 Å². The lowest BCUT2D eigenvalue weighted by Crippen LogP contribution is -2.06. The number of thiazole rings is 1. The fourth-order valence-electron chi connectivity index (χ4n) is 4.73. The van der Waals surface area contributed by atoms with Crippen LogP contribution in [0.5, 0.6) is 5.75 Å². The standard InChI is InChI=1S/C31H27N3O5S2/c35-30(36)27-19-40-31(32-27)34-28(16-21-9-10-21)26(15-20-11-13-25(14-12-20)41(37)38)29(33-34)23-7-4-8-24(17-23)39-18-22-5-2-1-3-6-22/h1-8,11-14,17,19,21H,9-10,15-16,18H2,(H,35,36)(H,37,38). The summed E-state index contributed by atoms with van der Waals surface area (Å²) in [6.07, 6.45) is 3.62. The van der Waals surface area contributed by atoms with Gasteiger partial charge in [-0.15, -0.1) is 11.3 Å². The second kappa shape index (κ2) is 11.8. The summed E-state index contributed by atoms with van der Waals surface area (Å²) in [5, 5.41) is 16.6. The molecule has 0 aliphatic heterocycles. The molecular formula is C31H27N3O5S2. The Hall–Kier alpha value is -4.12. The van der Waals surface area contributed by atoms with E-state index in [1.807, 2.05) is 66.7 Å². The monoisotopic (exact) mass is 585 g/mol. The smallest absolute Gasteiger partial charge is 0.355 e. The zero-order chi connectivity index (χ0) is 28.3. The first kappa shape index (κ1) is 27.1. The third-order valence-corrected chi connectivity index (χ3v) is 8.51. The van der Waals surface area contributed by atoms with E-state index in [1.165, 1.54) is 16.7 Å². The first-order chi connectivity index (χ1) is 19.9. The lowest BCUT2D eigenvalue weighted by atomic mass is 9.97. The molecule has 1 aliphatic rings. The number of hydrogen-bond donors (Lipinski definition) is 2. The van der Waals surface area contributed by atoms with Crippen molar-refractivity contribution in [2.75, 3.05) is 0 Å². The van der Waals surface area contributed by atoms with E-state index >= 15 is 0 Å². The van der Waals surface area contributed by atoms with Crippen LogP contribution in [-0.4, -0.2) is 34.6 Å². The number of aromatic carboxylic acids is 1. The molecule has 2 aromatic heterocycles. The molecule has 0 bridgehead atoms. The predicted octanol–water partition coefficient (Wildman–Crippen LogP) is 6.40. The fourth-order valence-corrected chi connectivity index (χ4v) is 5.87. The van der Waals surface area contributed by atoms with Crippen LogP contribution in [0.1, 0.15) is 45.7 Å². The lowest BCUT2D eigenvalue weighted by molar-refractivity contribution is 0.0691. The molecule has 41 heavy (non-hydrogen) atoms. The van der Waals surface area contributed by atoms with Gasteiger partial charge in [0.05, 0.1) is 16.3 Å². The maximum atomic E-state index is 11.6. The number of nitrogens with zero attached hydrogens (tertiary/aromatic N) is 3. The minimum Gasteiger partial charge on any atom is -0.489 e. The van der Waals surface area contributed by atoms with Crippen molar-refractivity contribution in [3.63, 3.8) is 0 Å². The summed E-state index contributed by atoms with van der Waals surface area (Å²) in [6, 6.07) is 24.8. The number of aromatic nitrogens is 3. The Labute approximate surface area is 243 Å². The molecule has 1 aliphatic carbocycles. The summed E-state index contributed by atoms with van der Waals surface area (Å²) in [6.45, 7) is 0.439. The van der Waals surface area contributed by atoms with Crippen molar-refractivity contribution < 1.29 is 23.4 Å². The Morgan fingerprint density at radius 3 is 2.49 bits per heavy atom. The number of hydrogen-bond acceptors (Lipinski definition) is 6. The SMILES string of the molecule is O=C(O)c1csc(-n2nc(-c3cccc(OCc4ccccc4)c3)c(Cc3ccc(S(=O)O)cc3)c2CC2CC2)n1. The van der Waals surface area contributed by atoms with Crippen molar-refractivity contribution in [3.8, 4) is 22.1 Å². The Morgan fingerprint density at radius 2 is 1.80 bits per heavy atom. The van der Waals surface area contributed by atoms with Crippen LogP contribution in [-0.2, 0) is 30.5 Å². The van der Waals surface area contributed by atoms with Crippen molar-refractivity contribution in [2.24, 2.45) is 5.92 Å². The average molecular weight is 586 g/mol. The van der Waals surface area contributed by atoms with Crippen LogP contribution < -0.4 is 4.74 Å². The van der Waals surface area contributed by atoms with Gasteiger partial charge in [0.25, 0.3) is 0 Å². The van der Waals surface area contributed by atoms with Gasteiger partial charge < -0.3 is 14.4 Å².